The van der Waals surface area contributed by atoms with Gasteiger partial charge in [-0.1, -0.05) is 11.6 Å². The van der Waals surface area contributed by atoms with E-state index in [9.17, 15) is 4.79 Å². The van der Waals surface area contributed by atoms with Gasteiger partial charge in [0.25, 0.3) is 5.91 Å². The number of hydrogen-bond donors (Lipinski definition) is 2. The Balaban J connectivity index is 1.85. The number of halogens is 1. The second-order valence-electron chi connectivity index (χ2n) is 4.82. The molecule has 0 atom stereocenters. The maximum atomic E-state index is 11.8. The van der Waals surface area contributed by atoms with Gasteiger partial charge in [0.15, 0.2) is 0 Å². The summed E-state index contributed by atoms with van der Waals surface area (Å²) < 4.78 is 5.10. The van der Waals surface area contributed by atoms with Gasteiger partial charge in [-0.2, -0.15) is 5.10 Å². The fourth-order valence-corrected chi connectivity index (χ4v) is 1.96. The summed E-state index contributed by atoms with van der Waals surface area (Å²) in [5.74, 6) is 0.547. The molecule has 0 saturated carbocycles. The van der Waals surface area contributed by atoms with Crippen molar-refractivity contribution in [1.29, 1.82) is 0 Å². The molecule has 0 aliphatic carbocycles. The lowest BCUT2D eigenvalue weighted by Gasteiger charge is -2.06. The van der Waals surface area contributed by atoms with E-state index in [2.05, 4.69) is 15.8 Å². The lowest BCUT2D eigenvalue weighted by molar-refractivity contribution is -0.119. The molecular formula is C17H18ClN3O2. The fraction of sp³-hybridized carbons (Fsp3) is 0.176. The number of methoxy groups -OCH3 is 1. The van der Waals surface area contributed by atoms with Crippen molar-refractivity contribution in [2.75, 3.05) is 19.0 Å². The van der Waals surface area contributed by atoms with Crippen LogP contribution in [0.25, 0.3) is 0 Å². The zero-order chi connectivity index (χ0) is 16.7. The van der Waals surface area contributed by atoms with Crippen LogP contribution < -0.4 is 15.5 Å². The summed E-state index contributed by atoms with van der Waals surface area (Å²) in [5.41, 5.74) is 4.97. The summed E-state index contributed by atoms with van der Waals surface area (Å²) in [5, 5.41) is 7.74. The van der Waals surface area contributed by atoms with Crippen LogP contribution in [-0.2, 0) is 4.79 Å². The van der Waals surface area contributed by atoms with Crippen molar-refractivity contribution in [3.05, 3.63) is 59.1 Å². The van der Waals surface area contributed by atoms with Crippen molar-refractivity contribution in [3.8, 4) is 5.75 Å². The van der Waals surface area contributed by atoms with E-state index in [-0.39, 0.29) is 12.5 Å². The number of benzene rings is 2. The van der Waals surface area contributed by atoms with Crippen molar-refractivity contribution in [3.63, 3.8) is 0 Å². The van der Waals surface area contributed by atoms with Gasteiger partial charge in [0, 0.05) is 10.7 Å². The quantitative estimate of drug-likeness (QED) is 0.630. The van der Waals surface area contributed by atoms with Gasteiger partial charge in [-0.3, -0.25) is 4.79 Å². The predicted molar refractivity (Wildman–Crippen MR) is 93.3 cm³/mol. The number of anilines is 1. The molecule has 0 fully saturated rings. The van der Waals surface area contributed by atoms with Gasteiger partial charge in [-0.25, -0.2) is 5.43 Å². The molecule has 0 aromatic heterocycles. The number of nitrogens with zero attached hydrogens (tertiary/aromatic N) is 1. The highest BCUT2D eigenvalue weighted by Crippen LogP contribution is 2.13. The van der Waals surface area contributed by atoms with Crippen LogP contribution >= 0.6 is 11.6 Å². The van der Waals surface area contributed by atoms with Crippen LogP contribution in [-0.4, -0.2) is 25.3 Å². The Morgan fingerprint density at radius 2 is 1.78 bits per heavy atom. The average molecular weight is 332 g/mol. The minimum absolute atomic E-state index is 0.126. The second-order valence-corrected chi connectivity index (χ2v) is 5.26. The van der Waals surface area contributed by atoms with Gasteiger partial charge in [-0.15, -0.1) is 0 Å². The van der Waals surface area contributed by atoms with E-state index in [0.29, 0.717) is 10.7 Å². The molecule has 0 unspecified atom stereocenters. The molecule has 0 aliphatic rings. The van der Waals surface area contributed by atoms with E-state index in [4.69, 9.17) is 16.3 Å². The Morgan fingerprint density at radius 3 is 2.39 bits per heavy atom. The molecule has 1 amide bonds. The van der Waals surface area contributed by atoms with Crippen LogP contribution in [0.2, 0.25) is 5.02 Å². The molecule has 0 bridgehead atoms. The van der Waals surface area contributed by atoms with Crippen molar-refractivity contribution < 1.29 is 9.53 Å². The molecule has 23 heavy (non-hydrogen) atoms. The summed E-state index contributed by atoms with van der Waals surface area (Å²) in [6, 6.07) is 14.6. The van der Waals surface area contributed by atoms with Crippen LogP contribution in [0.4, 0.5) is 5.69 Å². The number of hydrazone groups is 1. The van der Waals surface area contributed by atoms with E-state index in [1.165, 1.54) is 0 Å². The van der Waals surface area contributed by atoms with Gasteiger partial charge in [-0.05, 0) is 61.0 Å². The topological polar surface area (TPSA) is 62.7 Å². The minimum atomic E-state index is -0.229. The first-order valence-corrected chi connectivity index (χ1v) is 7.43. The van der Waals surface area contributed by atoms with E-state index < -0.39 is 0 Å². The third kappa shape index (κ3) is 5.30. The van der Waals surface area contributed by atoms with Crippen LogP contribution in [0.3, 0.4) is 0 Å². The van der Waals surface area contributed by atoms with Gasteiger partial charge in [0.05, 0.1) is 19.4 Å². The third-order valence-corrected chi connectivity index (χ3v) is 3.41. The summed E-state index contributed by atoms with van der Waals surface area (Å²) in [6.07, 6.45) is 0. The molecule has 0 heterocycles. The van der Waals surface area contributed by atoms with Crippen molar-refractivity contribution in [2.24, 2.45) is 5.10 Å². The highest BCUT2D eigenvalue weighted by molar-refractivity contribution is 6.30. The molecule has 0 spiro atoms. The lowest BCUT2D eigenvalue weighted by atomic mass is 10.1. The maximum Gasteiger partial charge on any atom is 0.259 e. The zero-order valence-electron chi connectivity index (χ0n) is 13.0. The molecule has 5 nitrogen and oxygen atoms in total. The van der Waals surface area contributed by atoms with Gasteiger partial charge < -0.3 is 10.1 Å². The number of ether oxygens (including phenoxy) is 1. The summed E-state index contributed by atoms with van der Waals surface area (Å²) in [6.45, 7) is 1.95. The van der Waals surface area contributed by atoms with Crippen molar-refractivity contribution in [1.82, 2.24) is 5.43 Å². The first-order chi connectivity index (χ1) is 11.1. The summed E-state index contributed by atoms with van der Waals surface area (Å²) >= 11 is 5.80. The first-order valence-electron chi connectivity index (χ1n) is 7.05. The van der Waals surface area contributed by atoms with Crippen LogP contribution in [0, 0.1) is 0 Å². The van der Waals surface area contributed by atoms with E-state index in [1.807, 2.05) is 43.3 Å². The number of carbonyl (C=O) groups excluding carboxylic acids is 1. The normalized spacial score (nSPS) is 11.0. The van der Waals surface area contributed by atoms with E-state index in [1.54, 1.807) is 19.2 Å². The maximum absolute atomic E-state index is 11.8. The smallest absolute Gasteiger partial charge is 0.259 e. The Kier molecular flexibility index (Phi) is 6.00. The SMILES string of the molecule is COc1ccc(/C(C)=N\NC(=O)CNc2ccc(Cl)cc2)cc1. The number of hydrogen-bond acceptors (Lipinski definition) is 4. The molecule has 0 aliphatic heterocycles. The molecule has 2 aromatic carbocycles. The number of rotatable bonds is 6. The predicted octanol–water partition coefficient (Wildman–Crippen LogP) is 3.30. The van der Waals surface area contributed by atoms with Crippen LogP contribution in [0.5, 0.6) is 5.75 Å². The van der Waals surface area contributed by atoms with Crippen LogP contribution in [0.1, 0.15) is 12.5 Å². The fourth-order valence-electron chi connectivity index (χ4n) is 1.83. The molecule has 0 radical (unpaired) electrons. The second kappa shape index (κ2) is 8.19. The number of carbonyl (C=O) groups is 1. The van der Waals surface area contributed by atoms with E-state index >= 15 is 0 Å². The monoisotopic (exact) mass is 331 g/mol. The third-order valence-electron chi connectivity index (χ3n) is 3.15. The summed E-state index contributed by atoms with van der Waals surface area (Å²) in [7, 11) is 1.61. The van der Waals surface area contributed by atoms with Gasteiger partial charge in [0.2, 0.25) is 0 Å². The standard InChI is InChI=1S/C17H18ClN3O2/c1-12(13-3-9-16(23-2)10-4-13)20-21-17(22)11-19-15-7-5-14(18)6-8-15/h3-10,19H,11H2,1-2H3,(H,21,22)/b20-12-. The summed E-state index contributed by atoms with van der Waals surface area (Å²) in [4.78, 5) is 11.8. The largest absolute Gasteiger partial charge is 0.497 e. The average Bonchev–Trinajstić information content (AvgIpc) is 2.59. The first kappa shape index (κ1) is 16.8. The molecular weight excluding hydrogens is 314 g/mol. The molecule has 0 saturated heterocycles. The molecule has 6 heteroatoms. The Hall–Kier alpha value is -2.53. The van der Waals surface area contributed by atoms with Crippen molar-refractivity contribution >= 4 is 28.9 Å². The Labute approximate surface area is 140 Å². The highest BCUT2D eigenvalue weighted by Gasteiger charge is 2.02. The van der Waals surface area contributed by atoms with E-state index in [0.717, 1.165) is 17.0 Å². The number of amides is 1. The zero-order valence-corrected chi connectivity index (χ0v) is 13.7. The molecule has 2 N–H and O–H groups in total. The van der Waals surface area contributed by atoms with Gasteiger partial charge in [0.1, 0.15) is 5.75 Å². The Morgan fingerprint density at radius 1 is 1.13 bits per heavy atom. The highest BCUT2D eigenvalue weighted by atomic mass is 35.5. The van der Waals surface area contributed by atoms with Crippen LogP contribution in [0.15, 0.2) is 53.6 Å². The molecule has 2 aromatic rings. The minimum Gasteiger partial charge on any atom is -0.497 e. The molecule has 120 valence electrons. The Bertz CT molecular complexity index is 682. The molecule has 2 rings (SSSR count). The number of nitrogens with one attached hydrogen (secondary N) is 2. The lowest BCUT2D eigenvalue weighted by Crippen LogP contribution is -2.26. The van der Waals surface area contributed by atoms with Crippen molar-refractivity contribution in [2.45, 2.75) is 6.92 Å². The van der Waals surface area contributed by atoms with Gasteiger partial charge >= 0.3 is 0 Å².